The third-order valence-corrected chi connectivity index (χ3v) is 7.57. The van der Waals surface area contributed by atoms with Crippen LogP contribution in [0.25, 0.3) is 0 Å². The first-order valence-electron chi connectivity index (χ1n) is 17.2. The Bertz CT molecular complexity index is 1030. The second kappa shape index (κ2) is 23.6. The summed E-state index contributed by atoms with van der Waals surface area (Å²) in [7, 11) is 0. The zero-order chi connectivity index (χ0) is 37.7. The fraction of sp³-hybridized carbons (Fsp3) is 0.771. The summed E-state index contributed by atoms with van der Waals surface area (Å²) in [4.78, 5) is 73.8. The Hall–Kier alpha value is -3.64. The molecule has 2 aliphatic rings. The van der Waals surface area contributed by atoms with Gasteiger partial charge in [-0.05, 0) is 42.4 Å². The van der Waals surface area contributed by atoms with Crippen LogP contribution in [-0.2, 0) is 23.9 Å². The van der Waals surface area contributed by atoms with Gasteiger partial charge >= 0.3 is 12.1 Å². The lowest BCUT2D eigenvalue weighted by Crippen LogP contribution is -2.60. The minimum Gasteiger partial charge on any atom is -0.448 e. The number of nitrogens with zero attached hydrogens (tertiary/aromatic N) is 1. The number of rotatable bonds is 12. The summed E-state index contributed by atoms with van der Waals surface area (Å²) in [5, 5.41) is 10.1. The standard InChI is InChI=1S/C22H37N5O5.C6H14.C4H10.C3H5NO2/c1-6-10-14(16(28)19(30)24-12-7-2)25-18(29)15-11-9-13-27(15)20(31)17(26-21(23)32)22(4,5)8-3;1-5-6(2,3)4;1-4(2)3;5-3-4-1-2-6-3/h7,14-15,17H,2,6,8-13H2,1,3-5H3,(H,24,30)(H,25,29)(H3,23,26,32);5H2,1-4H3;4H,1-3H3;1-2H2,(H,4,5)/t14?,15-,17+;;;/m0.../s1. The zero-order valence-electron chi connectivity index (χ0n) is 31.5. The predicted molar refractivity (Wildman–Crippen MR) is 190 cm³/mol. The van der Waals surface area contributed by atoms with Gasteiger partial charge in [-0.15, -0.1) is 6.58 Å². The summed E-state index contributed by atoms with van der Waals surface area (Å²) in [5.41, 5.74) is 5.25. The number of nitrogens with two attached hydrogens (primary N) is 1. The molecule has 2 heterocycles. The minimum atomic E-state index is -0.985. The summed E-state index contributed by atoms with van der Waals surface area (Å²) in [6.07, 6.45) is 4.92. The van der Waals surface area contributed by atoms with Crippen molar-refractivity contribution in [3.63, 3.8) is 0 Å². The average Bonchev–Trinajstić information content (AvgIpc) is 3.69. The number of nitrogens with one attached hydrogen (secondary N) is 4. The highest BCUT2D eigenvalue weighted by Gasteiger charge is 2.43. The topological polar surface area (TPSA) is 189 Å². The number of Topliss-reactive ketones (excluding diaryl/α,β-unsaturated/α-hetero) is 1. The molecule has 6 N–H and O–H groups in total. The van der Waals surface area contributed by atoms with Gasteiger partial charge in [0.1, 0.15) is 18.7 Å². The van der Waals surface area contributed by atoms with Crippen LogP contribution in [-0.4, -0.2) is 84.9 Å². The first kappa shape index (κ1) is 46.5. The van der Waals surface area contributed by atoms with Crippen molar-refractivity contribution in [2.45, 2.75) is 133 Å². The van der Waals surface area contributed by atoms with Crippen molar-refractivity contribution in [2.24, 2.45) is 22.5 Å². The van der Waals surface area contributed by atoms with Crippen LogP contribution in [0.1, 0.15) is 115 Å². The molecule has 0 aromatic carbocycles. The van der Waals surface area contributed by atoms with Crippen molar-refractivity contribution in [3.05, 3.63) is 12.7 Å². The average molecular weight is 683 g/mol. The Morgan fingerprint density at radius 2 is 1.60 bits per heavy atom. The Morgan fingerprint density at radius 3 is 1.98 bits per heavy atom. The molecule has 0 aliphatic carbocycles. The number of carbonyl (C=O) groups excluding carboxylic acids is 6. The molecule has 48 heavy (non-hydrogen) atoms. The quantitative estimate of drug-likeness (QED) is 0.149. The summed E-state index contributed by atoms with van der Waals surface area (Å²) >= 11 is 0. The van der Waals surface area contributed by atoms with Crippen molar-refractivity contribution in [3.8, 4) is 0 Å². The molecule has 2 fully saturated rings. The van der Waals surface area contributed by atoms with Crippen LogP contribution in [0.5, 0.6) is 0 Å². The van der Waals surface area contributed by atoms with Gasteiger partial charge in [0, 0.05) is 13.1 Å². The van der Waals surface area contributed by atoms with Crippen LogP contribution in [0.4, 0.5) is 9.59 Å². The zero-order valence-corrected chi connectivity index (χ0v) is 31.5. The Balaban J connectivity index is 0. The third-order valence-electron chi connectivity index (χ3n) is 7.57. The molecule has 0 spiro atoms. The minimum absolute atomic E-state index is 0.143. The molecule has 1 unspecified atom stereocenters. The van der Waals surface area contributed by atoms with E-state index in [4.69, 9.17) is 5.73 Å². The molecular weight excluding hydrogens is 616 g/mol. The molecule has 13 nitrogen and oxygen atoms in total. The molecule has 0 radical (unpaired) electrons. The number of hydrogen-bond acceptors (Lipinski definition) is 7. The summed E-state index contributed by atoms with van der Waals surface area (Å²) in [6.45, 7) is 28.0. The smallest absolute Gasteiger partial charge is 0.407 e. The van der Waals surface area contributed by atoms with Gasteiger partial charge < -0.3 is 36.6 Å². The van der Waals surface area contributed by atoms with Gasteiger partial charge in [0.05, 0.1) is 12.6 Å². The first-order valence-corrected chi connectivity index (χ1v) is 17.2. The van der Waals surface area contributed by atoms with Crippen molar-refractivity contribution in [1.82, 2.24) is 26.2 Å². The Labute approximate surface area is 289 Å². The Morgan fingerprint density at radius 1 is 1.04 bits per heavy atom. The maximum atomic E-state index is 13.3. The van der Waals surface area contributed by atoms with Gasteiger partial charge in [-0.1, -0.05) is 95.1 Å². The van der Waals surface area contributed by atoms with E-state index in [1.165, 1.54) is 17.4 Å². The number of urea groups is 1. The molecular formula is C35H66N6O7. The molecule has 3 atom stereocenters. The number of hydrogen-bond donors (Lipinski definition) is 5. The van der Waals surface area contributed by atoms with E-state index in [2.05, 4.69) is 81.0 Å². The molecule has 0 bridgehead atoms. The number of ether oxygens (including phenoxy) is 1. The van der Waals surface area contributed by atoms with Crippen LogP contribution in [0.15, 0.2) is 12.7 Å². The van der Waals surface area contributed by atoms with Gasteiger partial charge in [0.2, 0.25) is 17.6 Å². The first-order chi connectivity index (χ1) is 22.2. The SMILES string of the molecule is C=CCNC(=O)C(=O)C(CCC)NC(=O)[C@@H]1CCCN1C(=O)[C@@H](NC(N)=O)C(C)(C)CC.CC(C)C.CCC(C)(C)C.O=C1NCCO1. The van der Waals surface area contributed by atoms with Crippen LogP contribution >= 0.6 is 0 Å². The fourth-order valence-corrected chi connectivity index (χ4v) is 3.99. The van der Waals surface area contributed by atoms with Crippen LogP contribution in [0.3, 0.4) is 0 Å². The number of carbonyl (C=O) groups is 6. The molecule has 2 aliphatic heterocycles. The molecule has 0 saturated carbocycles. The largest absolute Gasteiger partial charge is 0.448 e. The van der Waals surface area contributed by atoms with Crippen LogP contribution in [0.2, 0.25) is 0 Å². The lowest BCUT2D eigenvalue weighted by atomic mass is 9.81. The van der Waals surface area contributed by atoms with Gasteiger partial charge in [0.15, 0.2) is 0 Å². The van der Waals surface area contributed by atoms with E-state index in [1.54, 1.807) is 0 Å². The van der Waals surface area contributed by atoms with Crippen molar-refractivity contribution < 1.29 is 33.5 Å². The van der Waals surface area contributed by atoms with Crippen molar-refractivity contribution >= 4 is 35.6 Å². The normalized spacial score (nSPS) is 16.5. The highest BCUT2D eigenvalue weighted by molar-refractivity contribution is 6.38. The summed E-state index contributed by atoms with van der Waals surface area (Å²) < 4.78 is 4.40. The number of alkyl carbamates (subject to hydrolysis) is 1. The molecule has 13 heteroatoms. The number of primary amides is 1. The van der Waals surface area contributed by atoms with E-state index in [1.807, 2.05) is 27.7 Å². The highest BCUT2D eigenvalue weighted by Crippen LogP contribution is 2.29. The number of ketones is 1. The monoisotopic (exact) mass is 682 g/mol. The van der Waals surface area contributed by atoms with E-state index in [0.29, 0.717) is 57.2 Å². The molecule has 2 rings (SSSR count). The van der Waals surface area contributed by atoms with E-state index >= 15 is 0 Å². The fourth-order valence-electron chi connectivity index (χ4n) is 3.99. The number of amides is 6. The highest BCUT2D eigenvalue weighted by atomic mass is 16.6. The van der Waals surface area contributed by atoms with Crippen LogP contribution < -0.4 is 27.0 Å². The van der Waals surface area contributed by atoms with Gasteiger partial charge in [-0.25, -0.2) is 9.59 Å². The van der Waals surface area contributed by atoms with E-state index < -0.39 is 53.1 Å². The third kappa shape index (κ3) is 19.9. The second-order valence-corrected chi connectivity index (χ2v) is 14.4. The molecule has 278 valence electrons. The molecule has 0 aromatic rings. The number of cyclic esters (lactones) is 1. The predicted octanol–water partition coefficient (Wildman–Crippen LogP) is 4.44. The van der Waals surface area contributed by atoms with E-state index in [-0.39, 0.29) is 12.6 Å². The molecule has 2 saturated heterocycles. The van der Waals surface area contributed by atoms with Crippen molar-refractivity contribution in [1.29, 1.82) is 0 Å². The van der Waals surface area contributed by atoms with Gasteiger partial charge in [-0.2, -0.15) is 0 Å². The summed E-state index contributed by atoms with van der Waals surface area (Å²) in [5.74, 6) is -1.58. The maximum Gasteiger partial charge on any atom is 0.407 e. The van der Waals surface area contributed by atoms with E-state index in [0.717, 1.165) is 5.92 Å². The second-order valence-electron chi connectivity index (χ2n) is 14.4. The van der Waals surface area contributed by atoms with Crippen LogP contribution in [0, 0.1) is 16.7 Å². The van der Waals surface area contributed by atoms with E-state index in [9.17, 15) is 28.8 Å². The molecule has 6 amide bonds. The number of likely N-dealkylation sites (tertiary alicyclic amines) is 1. The van der Waals surface area contributed by atoms with Gasteiger partial charge in [0.25, 0.3) is 5.91 Å². The Kier molecular flexibility index (Phi) is 22.9. The lowest BCUT2D eigenvalue weighted by Gasteiger charge is -2.37. The van der Waals surface area contributed by atoms with Gasteiger partial charge in [-0.3, -0.25) is 19.2 Å². The van der Waals surface area contributed by atoms with Crippen molar-refractivity contribution in [2.75, 3.05) is 26.2 Å². The maximum absolute atomic E-state index is 13.3. The lowest BCUT2D eigenvalue weighted by molar-refractivity contribution is -0.144. The summed E-state index contributed by atoms with van der Waals surface area (Å²) in [6, 6.07) is -3.49. The molecule has 0 aromatic heterocycles.